The van der Waals surface area contributed by atoms with Gasteiger partial charge >= 0.3 is 5.97 Å². The van der Waals surface area contributed by atoms with Gasteiger partial charge in [0.25, 0.3) is 5.91 Å². The number of aromatic nitrogens is 3. The number of thiazole rings is 2. The van der Waals surface area contributed by atoms with Crippen LogP contribution in [0.1, 0.15) is 22.3 Å². The average molecular weight is 439 g/mol. The van der Waals surface area contributed by atoms with Crippen LogP contribution < -0.4 is 5.32 Å². The van der Waals surface area contributed by atoms with Crippen LogP contribution in [0.15, 0.2) is 60.2 Å². The second-order valence-corrected chi connectivity index (χ2v) is 8.05. The molecule has 152 valence electrons. The zero-order valence-electron chi connectivity index (χ0n) is 16.1. The number of hydrogen-bond acceptors (Lipinski definition) is 7. The Bertz CT molecular complexity index is 1150. The molecule has 7 nitrogen and oxygen atoms in total. The van der Waals surface area contributed by atoms with Crippen LogP contribution in [0.3, 0.4) is 0 Å². The smallest absolute Gasteiger partial charge is 0.311 e. The van der Waals surface area contributed by atoms with Gasteiger partial charge in [0.05, 0.1) is 24.4 Å². The molecule has 0 atom stereocenters. The van der Waals surface area contributed by atoms with E-state index in [1.54, 1.807) is 12.3 Å². The lowest BCUT2D eigenvalue weighted by atomic mass is 10.1. The molecule has 1 N–H and O–H groups in total. The van der Waals surface area contributed by atoms with Crippen molar-refractivity contribution in [3.05, 3.63) is 70.8 Å². The van der Waals surface area contributed by atoms with Crippen molar-refractivity contribution in [2.45, 2.75) is 13.3 Å². The number of ether oxygens (including phenoxy) is 1. The summed E-state index contributed by atoms with van der Waals surface area (Å²) >= 11 is 2.57. The van der Waals surface area contributed by atoms with Crippen molar-refractivity contribution in [3.63, 3.8) is 0 Å². The number of carbonyl (C=O) groups is 2. The Morgan fingerprint density at radius 3 is 2.60 bits per heavy atom. The molecule has 0 aliphatic rings. The highest BCUT2D eigenvalue weighted by atomic mass is 32.1. The third-order valence-corrected chi connectivity index (χ3v) is 5.97. The molecule has 30 heavy (non-hydrogen) atoms. The summed E-state index contributed by atoms with van der Waals surface area (Å²) < 4.78 is 6.81. The fraction of sp³-hybridized carbons (Fsp3) is 0.143. The number of rotatable bonds is 7. The number of amides is 1. The summed E-state index contributed by atoms with van der Waals surface area (Å²) in [5, 5.41) is 5.69. The highest BCUT2D eigenvalue weighted by molar-refractivity contribution is 7.17. The van der Waals surface area contributed by atoms with Crippen molar-refractivity contribution in [1.82, 2.24) is 14.5 Å². The molecule has 1 aromatic carbocycles. The number of anilines is 1. The lowest BCUT2D eigenvalue weighted by Gasteiger charge is -2.02. The van der Waals surface area contributed by atoms with Crippen molar-refractivity contribution in [3.8, 4) is 16.4 Å². The van der Waals surface area contributed by atoms with Gasteiger partial charge in [-0.2, -0.15) is 0 Å². The summed E-state index contributed by atoms with van der Waals surface area (Å²) in [6.45, 7) is 2.08. The quantitative estimate of drug-likeness (QED) is 0.432. The SMILES string of the molecule is CCOC(=O)Cc1csc(NC(=O)c2sc(-n3cccc3)nc2-c2ccccc2)n1. The number of esters is 1. The van der Waals surface area contributed by atoms with Gasteiger partial charge in [-0.05, 0) is 19.1 Å². The molecule has 4 rings (SSSR count). The average Bonchev–Trinajstić information content (AvgIpc) is 3.49. The largest absolute Gasteiger partial charge is 0.466 e. The van der Waals surface area contributed by atoms with Gasteiger partial charge in [-0.1, -0.05) is 41.7 Å². The summed E-state index contributed by atoms with van der Waals surface area (Å²) in [6, 6.07) is 13.4. The Hall–Kier alpha value is -3.30. The van der Waals surface area contributed by atoms with E-state index in [4.69, 9.17) is 9.72 Å². The Morgan fingerprint density at radius 2 is 1.87 bits per heavy atom. The van der Waals surface area contributed by atoms with E-state index in [9.17, 15) is 9.59 Å². The van der Waals surface area contributed by atoms with Gasteiger partial charge < -0.3 is 9.30 Å². The third kappa shape index (κ3) is 4.47. The predicted octanol–water partition coefficient (Wildman–Crippen LogP) is 4.42. The summed E-state index contributed by atoms with van der Waals surface area (Å²) in [7, 11) is 0. The van der Waals surface area contributed by atoms with Crippen LogP contribution in [-0.4, -0.2) is 33.0 Å². The van der Waals surface area contributed by atoms with Crippen molar-refractivity contribution in [2.75, 3.05) is 11.9 Å². The minimum atomic E-state index is -0.342. The highest BCUT2D eigenvalue weighted by Crippen LogP contribution is 2.31. The van der Waals surface area contributed by atoms with Gasteiger partial charge in [0.1, 0.15) is 4.88 Å². The van der Waals surface area contributed by atoms with Crippen LogP contribution in [-0.2, 0) is 16.0 Å². The molecule has 0 saturated heterocycles. The zero-order valence-corrected chi connectivity index (χ0v) is 17.7. The van der Waals surface area contributed by atoms with Crippen LogP contribution in [0.5, 0.6) is 0 Å². The van der Waals surface area contributed by atoms with Crippen LogP contribution in [0.2, 0.25) is 0 Å². The molecule has 0 aliphatic heterocycles. The van der Waals surface area contributed by atoms with Gasteiger partial charge in [-0.25, -0.2) is 9.97 Å². The van der Waals surface area contributed by atoms with E-state index in [1.165, 1.54) is 22.7 Å². The predicted molar refractivity (Wildman–Crippen MR) is 117 cm³/mol. The normalized spacial score (nSPS) is 10.7. The van der Waals surface area contributed by atoms with E-state index >= 15 is 0 Å². The molecule has 0 radical (unpaired) electrons. The maximum Gasteiger partial charge on any atom is 0.311 e. The topological polar surface area (TPSA) is 86.1 Å². The van der Waals surface area contributed by atoms with E-state index in [0.29, 0.717) is 33.1 Å². The third-order valence-electron chi connectivity index (χ3n) is 4.10. The summed E-state index contributed by atoms with van der Waals surface area (Å²) in [4.78, 5) is 34.2. The van der Waals surface area contributed by atoms with E-state index in [-0.39, 0.29) is 18.3 Å². The van der Waals surface area contributed by atoms with E-state index < -0.39 is 0 Å². The lowest BCUT2D eigenvalue weighted by molar-refractivity contribution is -0.142. The Kier molecular flexibility index (Phi) is 6.01. The lowest BCUT2D eigenvalue weighted by Crippen LogP contribution is -2.12. The number of benzene rings is 1. The number of nitrogens with zero attached hydrogens (tertiary/aromatic N) is 3. The first kappa shape index (κ1) is 20.0. The molecule has 4 aromatic rings. The van der Waals surface area contributed by atoms with Crippen molar-refractivity contribution in [2.24, 2.45) is 0 Å². The molecular weight excluding hydrogens is 420 g/mol. The standard InChI is InChI=1S/C21H18N4O3S2/c1-2-28-16(26)12-15-13-29-20(22-15)24-19(27)18-17(14-8-4-3-5-9-14)23-21(30-18)25-10-6-7-11-25/h3-11,13H,2,12H2,1H3,(H,22,24,27). The molecule has 0 aliphatic carbocycles. The minimum absolute atomic E-state index is 0.0772. The summed E-state index contributed by atoms with van der Waals surface area (Å²) in [6.07, 6.45) is 3.85. The monoisotopic (exact) mass is 438 g/mol. The second kappa shape index (κ2) is 9.02. The maximum absolute atomic E-state index is 13.1. The number of carbonyl (C=O) groups excluding carboxylic acids is 2. The first-order valence-electron chi connectivity index (χ1n) is 9.25. The fourth-order valence-electron chi connectivity index (χ4n) is 2.79. The summed E-state index contributed by atoms with van der Waals surface area (Å²) in [5.41, 5.74) is 2.04. The molecule has 0 unspecified atom stereocenters. The van der Waals surface area contributed by atoms with Crippen LogP contribution in [0, 0.1) is 0 Å². The van der Waals surface area contributed by atoms with Gasteiger partial charge in [0, 0.05) is 23.3 Å². The van der Waals surface area contributed by atoms with Crippen LogP contribution in [0.25, 0.3) is 16.4 Å². The maximum atomic E-state index is 13.1. The van der Waals surface area contributed by atoms with Crippen molar-refractivity contribution in [1.29, 1.82) is 0 Å². The number of hydrogen-bond donors (Lipinski definition) is 1. The van der Waals surface area contributed by atoms with Gasteiger partial charge in [-0.3, -0.25) is 14.9 Å². The Morgan fingerprint density at radius 1 is 1.10 bits per heavy atom. The van der Waals surface area contributed by atoms with Crippen LogP contribution in [0.4, 0.5) is 5.13 Å². The zero-order chi connectivity index (χ0) is 20.9. The number of nitrogens with one attached hydrogen (secondary N) is 1. The molecular formula is C21H18N4O3S2. The minimum Gasteiger partial charge on any atom is -0.466 e. The van der Waals surface area contributed by atoms with Gasteiger partial charge in [-0.15, -0.1) is 11.3 Å². The van der Waals surface area contributed by atoms with Crippen molar-refractivity contribution < 1.29 is 14.3 Å². The highest BCUT2D eigenvalue weighted by Gasteiger charge is 2.21. The molecule has 0 spiro atoms. The first-order chi connectivity index (χ1) is 14.6. The summed E-state index contributed by atoms with van der Waals surface area (Å²) in [5.74, 6) is -0.632. The molecule has 3 heterocycles. The van der Waals surface area contributed by atoms with E-state index in [0.717, 1.165) is 5.56 Å². The Balaban J connectivity index is 1.59. The molecule has 3 aromatic heterocycles. The van der Waals surface area contributed by atoms with Crippen molar-refractivity contribution >= 4 is 39.7 Å². The van der Waals surface area contributed by atoms with E-state index in [1.807, 2.05) is 59.4 Å². The van der Waals surface area contributed by atoms with Gasteiger partial charge in [0.2, 0.25) is 0 Å². The first-order valence-corrected chi connectivity index (χ1v) is 10.9. The molecule has 0 saturated carbocycles. The van der Waals surface area contributed by atoms with E-state index in [2.05, 4.69) is 10.3 Å². The van der Waals surface area contributed by atoms with Crippen LogP contribution >= 0.6 is 22.7 Å². The Labute approximate surface area is 181 Å². The molecule has 0 bridgehead atoms. The van der Waals surface area contributed by atoms with Gasteiger partial charge in [0.15, 0.2) is 10.3 Å². The molecule has 1 amide bonds. The molecule has 9 heteroatoms. The molecule has 0 fully saturated rings. The second-order valence-electron chi connectivity index (χ2n) is 6.21. The fourth-order valence-corrected chi connectivity index (χ4v) is 4.44.